The van der Waals surface area contributed by atoms with Crippen LogP contribution in [0.2, 0.25) is 0 Å². The largest absolute Gasteiger partial charge is 0.386 e. The Kier molecular flexibility index (Phi) is 9.17. The fourth-order valence-corrected chi connectivity index (χ4v) is 7.66. The van der Waals surface area contributed by atoms with Gasteiger partial charge in [-0.2, -0.15) is 0 Å². The third kappa shape index (κ3) is 5.05. The monoisotopic (exact) mass is 596 g/mol. The van der Waals surface area contributed by atoms with Crippen molar-refractivity contribution in [2.75, 3.05) is 13.9 Å². The van der Waals surface area contributed by atoms with Gasteiger partial charge in [0, 0.05) is 23.4 Å². The molecule has 1 saturated carbocycles. The molecule has 1 aromatic rings. The lowest BCUT2D eigenvalue weighted by atomic mass is 9.66. The van der Waals surface area contributed by atoms with Crippen LogP contribution in [0.1, 0.15) is 59.4 Å². The summed E-state index contributed by atoms with van der Waals surface area (Å²) in [7, 11) is 1.61. The highest BCUT2D eigenvalue weighted by Crippen LogP contribution is 2.65. The summed E-state index contributed by atoms with van der Waals surface area (Å²) in [5, 5.41) is 23.7. The maximum atomic E-state index is 12.7. The van der Waals surface area contributed by atoms with Gasteiger partial charge in [-0.1, -0.05) is 61.0 Å². The van der Waals surface area contributed by atoms with Gasteiger partial charge in [0.25, 0.3) is 0 Å². The molecule has 0 unspecified atom stereocenters. The molecule has 8 heteroatoms. The number of hydrogen-bond acceptors (Lipinski definition) is 7. The van der Waals surface area contributed by atoms with Crippen LogP contribution in [0.15, 0.2) is 41.4 Å². The summed E-state index contributed by atoms with van der Waals surface area (Å²) in [6.07, 6.45) is 0.911. The van der Waals surface area contributed by atoms with E-state index in [1.807, 2.05) is 38.1 Å². The molecule has 38 heavy (non-hydrogen) atoms. The molecule has 2 N–H and O–H groups in total. The Hall–Kier alpha value is -0.840. The molecule has 1 aromatic carbocycles. The van der Waals surface area contributed by atoms with Gasteiger partial charge >= 0.3 is 0 Å². The van der Waals surface area contributed by atoms with Crippen LogP contribution in [0.3, 0.4) is 0 Å². The molecule has 214 valence electrons. The van der Waals surface area contributed by atoms with Gasteiger partial charge in [0.05, 0.1) is 37.1 Å². The molecule has 2 aliphatic heterocycles. The van der Waals surface area contributed by atoms with Gasteiger partial charge in [0.2, 0.25) is 0 Å². The summed E-state index contributed by atoms with van der Waals surface area (Å²) >= 11 is 3.64. The molecular weight excluding hydrogens is 552 g/mol. The van der Waals surface area contributed by atoms with Gasteiger partial charge < -0.3 is 33.9 Å². The zero-order chi connectivity index (χ0) is 27.9. The van der Waals surface area contributed by atoms with Gasteiger partial charge in [-0.05, 0) is 56.1 Å². The lowest BCUT2D eigenvalue weighted by molar-refractivity contribution is -0.390. The first kappa shape index (κ1) is 30.1. The van der Waals surface area contributed by atoms with E-state index in [0.29, 0.717) is 12.8 Å². The molecule has 7 nitrogen and oxygen atoms in total. The lowest BCUT2D eigenvalue weighted by Crippen LogP contribution is -2.67. The Morgan fingerprint density at radius 2 is 1.97 bits per heavy atom. The molecule has 2 heterocycles. The predicted octanol–water partition coefficient (Wildman–Crippen LogP) is 5.21. The van der Waals surface area contributed by atoms with Gasteiger partial charge in [-0.3, -0.25) is 0 Å². The van der Waals surface area contributed by atoms with Crippen LogP contribution in [0, 0.1) is 23.2 Å². The average Bonchev–Trinajstić information content (AvgIpc) is 3.10. The molecule has 0 spiro atoms. The van der Waals surface area contributed by atoms with Crippen molar-refractivity contribution in [2.24, 2.45) is 23.2 Å². The van der Waals surface area contributed by atoms with E-state index in [-0.39, 0.29) is 43.4 Å². The van der Waals surface area contributed by atoms with Crippen molar-refractivity contribution in [1.82, 2.24) is 0 Å². The van der Waals surface area contributed by atoms with Crippen LogP contribution in [0.25, 0.3) is 0 Å². The zero-order valence-electron chi connectivity index (χ0n) is 23.6. The number of benzene rings is 1. The van der Waals surface area contributed by atoms with Crippen molar-refractivity contribution in [2.45, 2.75) is 102 Å². The Bertz CT molecular complexity index is 970. The van der Waals surface area contributed by atoms with Crippen molar-refractivity contribution in [3.63, 3.8) is 0 Å². The van der Waals surface area contributed by atoms with E-state index in [2.05, 4.69) is 43.3 Å². The summed E-state index contributed by atoms with van der Waals surface area (Å²) in [4.78, 5) is 0. The van der Waals surface area contributed by atoms with E-state index < -0.39 is 35.1 Å². The standard InChI is InChI=1S/C30H45BrO7/c1-8-24(32)26(37-18(2)3)21-15-30(36-16-20-11-9-10-12-23(20)31)29(33)14-13-22(28(29,5)6)27(35-17-34-7)25(38-30)19(21)4/h8-12,18-19,21-22,24-27,32-33H,1,13-17H2,2-7H3/t19-,21+,22-,24-,25-,26+,27-,29+,30+/m1/s1. The zero-order valence-corrected chi connectivity index (χ0v) is 25.1. The fraction of sp³-hybridized carbons (Fsp3) is 0.733. The molecule has 3 aliphatic rings. The maximum Gasteiger partial charge on any atom is 0.198 e. The van der Waals surface area contributed by atoms with Crippen LogP contribution in [-0.2, 0) is 30.3 Å². The normalized spacial score (nSPS) is 37.6. The lowest BCUT2D eigenvalue weighted by Gasteiger charge is -2.56. The number of methoxy groups -OCH3 is 1. The molecule has 1 aliphatic carbocycles. The molecule has 2 saturated heterocycles. The number of rotatable bonds is 11. The Labute approximate surface area is 236 Å². The summed E-state index contributed by atoms with van der Waals surface area (Å²) < 4.78 is 32.7. The Balaban J connectivity index is 1.84. The third-order valence-electron chi connectivity index (χ3n) is 9.41. The smallest absolute Gasteiger partial charge is 0.198 e. The predicted molar refractivity (Wildman–Crippen MR) is 148 cm³/mol. The second-order valence-corrected chi connectivity index (χ2v) is 12.9. The van der Waals surface area contributed by atoms with Crippen LogP contribution in [0.5, 0.6) is 0 Å². The van der Waals surface area contributed by atoms with Crippen molar-refractivity contribution >= 4 is 15.9 Å². The summed E-state index contributed by atoms with van der Waals surface area (Å²) in [5.41, 5.74) is -0.908. The summed E-state index contributed by atoms with van der Waals surface area (Å²) in [6, 6.07) is 7.91. The number of aliphatic hydroxyl groups is 2. The maximum absolute atomic E-state index is 12.7. The van der Waals surface area contributed by atoms with E-state index >= 15 is 0 Å². The molecule has 9 atom stereocenters. The minimum absolute atomic E-state index is 0.0246. The van der Waals surface area contributed by atoms with Crippen LogP contribution < -0.4 is 0 Å². The molecule has 0 aromatic heterocycles. The summed E-state index contributed by atoms with van der Waals surface area (Å²) in [5.74, 6) is -1.57. The number of halogens is 1. The van der Waals surface area contributed by atoms with E-state index in [0.717, 1.165) is 16.5 Å². The number of hydrogen-bond donors (Lipinski definition) is 2. The Morgan fingerprint density at radius 3 is 2.61 bits per heavy atom. The number of ether oxygens (including phenoxy) is 5. The molecule has 3 fully saturated rings. The van der Waals surface area contributed by atoms with Crippen molar-refractivity contribution in [1.29, 1.82) is 0 Å². The first-order valence-corrected chi connectivity index (χ1v) is 14.6. The first-order valence-electron chi connectivity index (χ1n) is 13.8. The van der Waals surface area contributed by atoms with Crippen molar-refractivity contribution < 1.29 is 33.9 Å². The minimum atomic E-state index is -1.34. The Morgan fingerprint density at radius 1 is 1.26 bits per heavy atom. The molecule has 0 radical (unpaired) electrons. The average molecular weight is 598 g/mol. The van der Waals surface area contributed by atoms with E-state index in [1.54, 1.807) is 7.11 Å². The van der Waals surface area contributed by atoms with Gasteiger partial charge in [-0.25, -0.2) is 0 Å². The molecule has 4 rings (SSSR count). The quantitative estimate of drug-likeness (QED) is 0.268. The summed E-state index contributed by atoms with van der Waals surface area (Å²) in [6.45, 7) is 14.5. The highest BCUT2D eigenvalue weighted by atomic mass is 79.9. The number of aliphatic hydroxyl groups excluding tert-OH is 1. The first-order chi connectivity index (χ1) is 17.9. The second kappa shape index (κ2) is 11.6. The van der Waals surface area contributed by atoms with Crippen LogP contribution in [0.4, 0.5) is 0 Å². The highest BCUT2D eigenvalue weighted by Gasteiger charge is 2.73. The molecule has 4 bridgehead atoms. The topological polar surface area (TPSA) is 86.6 Å². The van der Waals surface area contributed by atoms with Gasteiger partial charge in [0.15, 0.2) is 5.79 Å². The molecular formula is C30H45BrO7. The second-order valence-electron chi connectivity index (χ2n) is 12.1. The van der Waals surface area contributed by atoms with Gasteiger partial charge in [-0.15, -0.1) is 6.58 Å². The fourth-order valence-electron chi connectivity index (χ4n) is 7.27. The SMILES string of the molecule is C=C[C@@H](O)[C@@H](OC(C)C)[C@H]1C[C@]2(OCc3ccccc3Br)O[C@H]([C@@H]1C)[C@H](OCOC)[C@H]1CC[C@]2(O)C1(C)C. The minimum Gasteiger partial charge on any atom is -0.386 e. The van der Waals surface area contributed by atoms with Crippen LogP contribution >= 0.6 is 15.9 Å². The van der Waals surface area contributed by atoms with E-state index in [9.17, 15) is 10.2 Å². The van der Waals surface area contributed by atoms with Crippen molar-refractivity contribution in [3.05, 3.63) is 47.0 Å². The van der Waals surface area contributed by atoms with E-state index in [1.165, 1.54) is 6.08 Å². The van der Waals surface area contributed by atoms with E-state index in [4.69, 9.17) is 23.7 Å². The van der Waals surface area contributed by atoms with Gasteiger partial charge in [0.1, 0.15) is 12.4 Å². The molecule has 0 amide bonds. The number of fused-ring (bicyclic) bond motifs is 5. The van der Waals surface area contributed by atoms with Crippen LogP contribution in [-0.4, -0.2) is 66.0 Å². The third-order valence-corrected chi connectivity index (χ3v) is 10.2. The van der Waals surface area contributed by atoms with Crippen molar-refractivity contribution in [3.8, 4) is 0 Å². The highest BCUT2D eigenvalue weighted by molar-refractivity contribution is 9.10.